The molecule has 0 spiro atoms. The zero-order chi connectivity index (χ0) is 21.8. The number of pyridine rings is 1. The summed E-state index contributed by atoms with van der Waals surface area (Å²) in [6.45, 7) is 0.229. The molecular formula is C20H16ClF3N6O. The van der Waals surface area contributed by atoms with Crippen LogP contribution >= 0.6 is 11.6 Å². The molecule has 5 rings (SSSR count). The maximum absolute atomic E-state index is 13.0. The summed E-state index contributed by atoms with van der Waals surface area (Å²) >= 11 is 5.96. The number of fused-ring (bicyclic) bond motifs is 2. The minimum Gasteiger partial charge on any atom is -0.351 e. The van der Waals surface area contributed by atoms with Gasteiger partial charge < -0.3 is 10.3 Å². The Balaban J connectivity index is 1.30. The maximum Gasteiger partial charge on any atom is 0.416 e. The van der Waals surface area contributed by atoms with E-state index in [0.717, 1.165) is 30.8 Å². The first kappa shape index (κ1) is 19.8. The van der Waals surface area contributed by atoms with Crippen molar-refractivity contribution >= 4 is 34.2 Å². The zero-order valence-corrected chi connectivity index (χ0v) is 16.8. The second kappa shape index (κ2) is 7.23. The van der Waals surface area contributed by atoms with Gasteiger partial charge in [-0.25, -0.2) is 4.98 Å². The fourth-order valence-corrected chi connectivity index (χ4v) is 3.79. The molecule has 2 N–H and O–H groups in total. The molecule has 3 aromatic heterocycles. The van der Waals surface area contributed by atoms with Gasteiger partial charge in [0.15, 0.2) is 5.65 Å². The van der Waals surface area contributed by atoms with Gasteiger partial charge in [-0.3, -0.25) is 9.20 Å². The Hall–Kier alpha value is -3.14. The molecule has 0 saturated heterocycles. The molecule has 31 heavy (non-hydrogen) atoms. The number of hydrogen-bond donors (Lipinski definition) is 2. The molecule has 7 nitrogen and oxygen atoms in total. The first-order valence-electron chi connectivity index (χ1n) is 9.68. The summed E-state index contributed by atoms with van der Waals surface area (Å²) < 4.78 is 40.7. The van der Waals surface area contributed by atoms with Gasteiger partial charge in [0.2, 0.25) is 0 Å². The van der Waals surface area contributed by atoms with Crippen molar-refractivity contribution in [3.8, 4) is 0 Å². The van der Waals surface area contributed by atoms with Gasteiger partial charge in [0.1, 0.15) is 17.2 Å². The number of alkyl halides is 3. The summed E-state index contributed by atoms with van der Waals surface area (Å²) in [6, 6.07) is 5.28. The van der Waals surface area contributed by atoms with Crippen LogP contribution in [0.1, 0.15) is 46.3 Å². The van der Waals surface area contributed by atoms with E-state index in [0.29, 0.717) is 29.4 Å². The van der Waals surface area contributed by atoms with Crippen molar-refractivity contribution in [3.05, 3.63) is 58.3 Å². The van der Waals surface area contributed by atoms with Crippen molar-refractivity contribution in [2.45, 2.75) is 31.4 Å². The number of aromatic nitrogens is 5. The molecule has 0 aliphatic heterocycles. The van der Waals surface area contributed by atoms with E-state index in [1.54, 1.807) is 12.1 Å². The number of hydrogen-bond acceptors (Lipinski definition) is 4. The van der Waals surface area contributed by atoms with Crippen LogP contribution in [0.3, 0.4) is 0 Å². The molecule has 1 saturated carbocycles. The second-order valence-electron chi connectivity index (χ2n) is 7.49. The van der Waals surface area contributed by atoms with Crippen LogP contribution in [0.5, 0.6) is 0 Å². The van der Waals surface area contributed by atoms with Crippen LogP contribution in [0, 0.1) is 0 Å². The van der Waals surface area contributed by atoms with Crippen molar-refractivity contribution in [2.75, 3.05) is 6.54 Å². The highest BCUT2D eigenvalue weighted by molar-refractivity contribution is 6.35. The van der Waals surface area contributed by atoms with Crippen molar-refractivity contribution in [1.82, 2.24) is 29.9 Å². The van der Waals surface area contributed by atoms with Crippen molar-refractivity contribution < 1.29 is 18.0 Å². The molecule has 0 unspecified atom stereocenters. The minimum atomic E-state index is -4.50. The van der Waals surface area contributed by atoms with Crippen LogP contribution in [0.4, 0.5) is 13.2 Å². The van der Waals surface area contributed by atoms with Crippen LogP contribution in [-0.2, 0) is 12.6 Å². The largest absolute Gasteiger partial charge is 0.416 e. The Morgan fingerprint density at radius 1 is 1.29 bits per heavy atom. The number of nitrogens with zero attached hydrogens (tertiary/aromatic N) is 4. The van der Waals surface area contributed by atoms with E-state index < -0.39 is 11.7 Å². The van der Waals surface area contributed by atoms with E-state index >= 15 is 0 Å². The Kier molecular flexibility index (Phi) is 4.62. The summed E-state index contributed by atoms with van der Waals surface area (Å²) in [6.07, 6.45) is -0.222. The molecule has 1 aliphatic carbocycles. The maximum atomic E-state index is 13.0. The third kappa shape index (κ3) is 3.71. The quantitative estimate of drug-likeness (QED) is 0.480. The lowest BCUT2D eigenvalue weighted by Gasteiger charge is -2.06. The third-order valence-electron chi connectivity index (χ3n) is 5.21. The summed E-state index contributed by atoms with van der Waals surface area (Å²) in [5.74, 6) is 1.37. The molecule has 11 heteroatoms. The van der Waals surface area contributed by atoms with Crippen LogP contribution in [0.15, 0.2) is 30.5 Å². The summed E-state index contributed by atoms with van der Waals surface area (Å²) in [5.41, 5.74) is 0.515. The van der Waals surface area contributed by atoms with Gasteiger partial charge in [-0.1, -0.05) is 11.6 Å². The first-order chi connectivity index (χ1) is 14.8. The predicted octanol–water partition coefficient (Wildman–Crippen LogP) is 4.13. The molecule has 3 heterocycles. The smallest absolute Gasteiger partial charge is 0.351 e. The van der Waals surface area contributed by atoms with Gasteiger partial charge in [-0.2, -0.15) is 13.2 Å². The average Bonchev–Trinajstić information content (AvgIpc) is 3.32. The highest BCUT2D eigenvalue weighted by Crippen LogP contribution is 2.39. The van der Waals surface area contributed by atoms with Crippen LogP contribution < -0.4 is 5.32 Å². The van der Waals surface area contributed by atoms with Gasteiger partial charge in [0.25, 0.3) is 5.91 Å². The molecule has 160 valence electrons. The molecule has 0 bridgehead atoms. The molecular weight excluding hydrogens is 433 g/mol. The summed E-state index contributed by atoms with van der Waals surface area (Å²) in [4.78, 5) is 19.7. The van der Waals surface area contributed by atoms with Crippen LogP contribution in [0.2, 0.25) is 5.02 Å². The van der Waals surface area contributed by atoms with Gasteiger partial charge in [-0.15, -0.1) is 10.2 Å². The van der Waals surface area contributed by atoms with Crippen LogP contribution in [-0.4, -0.2) is 37.0 Å². The number of H-pyrrole nitrogens is 1. The predicted molar refractivity (Wildman–Crippen MR) is 107 cm³/mol. The Bertz CT molecular complexity index is 1310. The Labute approximate surface area is 178 Å². The van der Waals surface area contributed by atoms with E-state index in [-0.39, 0.29) is 28.5 Å². The SMILES string of the molecule is O=C(NCCc1nc2c(Cl)cc(C(F)(F)F)cc2[nH]1)c1cccn2c(C3CC3)nnc12. The number of nitrogens with one attached hydrogen (secondary N) is 2. The standard InChI is InChI=1S/C20H16ClF3N6O/c21-13-8-11(20(22,23)24)9-14-16(13)27-15(26-14)5-6-25-19(31)12-2-1-7-30-17(10-3-4-10)28-29-18(12)30/h1-2,7-10H,3-6H2,(H,25,31)(H,26,27). The fourth-order valence-electron chi connectivity index (χ4n) is 3.53. The van der Waals surface area contributed by atoms with E-state index in [1.165, 1.54) is 0 Å². The minimum absolute atomic E-state index is 0.0821. The van der Waals surface area contributed by atoms with Gasteiger partial charge in [-0.05, 0) is 37.1 Å². The monoisotopic (exact) mass is 448 g/mol. The highest BCUT2D eigenvalue weighted by Gasteiger charge is 2.32. The lowest BCUT2D eigenvalue weighted by molar-refractivity contribution is -0.137. The number of amides is 1. The molecule has 1 aliphatic rings. The van der Waals surface area contributed by atoms with Crippen molar-refractivity contribution in [3.63, 3.8) is 0 Å². The fraction of sp³-hybridized carbons (Fsp3) is 0.300. The van der Waals surface area contributed by atoms with Crippen molar-refractivity contribution in [1.29, 1.82) is 0 Å². The number of carbonyl (C=O) groups is 1. The van der Waals surface area contributed by atoms with E-state index in [1.807, 2.05) is 10.6 Å². The summed E-state index contributed by atoms with van der Waals surface area (Å²) in [5, 5.41) is 11.1. The molecule has 4 aromatic rings. The normalized spacial score (nSPS) is 14.5. The molecule has 1 fully saturated rings. The summed E-state index contributed by atoms with van der Waals surface area (Å²) in [7, 11) is 0. The van der Waals surface area contributed by atoms with Gasteiger partial charge >= 0.3 is 6.18 Å². The van der Waals surface area contributed by atoms with E-state index in [4.69, 9.17) is 11.6 Å². The van der Waals surface area contributed by atoms with Gasteiger partial charge in [0, 0.05) is 25.1 Å². The number of benzene rings is 1. The molecule has 0 radical (unpaired) electrons. The lowest BCUT2D eigenvalue weighted by Crippen LogP contribution is -2.26. The lowest BCUT2D eigenvalue weighted by atomic mass is 10.2. The number of halogens is 4. The third-order valence-corrected chi connectivity index (χ3v) is 5.50. The number of rotatable bonds is 5. The van der Waals surface area contributed by atoms with Gasteiger partial charge in [0.05, 0.1) is 21.7 Å². The van der Waals surface area contributed by atoms with E-state index in [2.05, 4.69) is 25.5 Å². The zero-order valence-electron chi connectivity index (χ0n) is 16.0. The molecule has 1 aromatic carbocycles. The van der Waals surface area contributed by atoms with Crippen LogP contribution in [0.25, 0.3) is 16.7 Å². The number of imidazole rings is 1. The second-order valence-corrected chi connectivity index (χ2v) is 7.90. The van der Waals surface area contributed by atoms with Crippen molar-refractivity contribution in [2.24, 2.45) is 0 Å². The molecule has 1 amide bonds. The van der Waals surface area contributed by atoms with E-state index in [9.17, 15) is 18.0 Å². The first-order valence-corrected chi connectivity index (χ1v) is 10.1. The Morgan fingerprint density at radius 2 is 2.10 bits per heavy atom. The number of carbonyl (C=O) groups excluding carboxylic acids is 1. The average molecular weight is 449 g/mol. The Morgan fingerprint density at radius 3 is 2.84 bits per heavy atom. The number of aromatic amines is 1. The highest BCUT2D eigenvalue weighted by atomic mass is 35.5. The topological polar surface area (TPSA) is 88.0 Å². The molecule has 0 atom stereocenters.